The number of hydrogen-bond acceptors (Lipinski definition) is 2. The first-order chi connectivity index (χ1) is 30.1. The zero-order valence-corrected chi connectivity index (χ0v) is 34.7. The second-order valence-electron chi connectivity index (χ2n) is 15.0. The zero-order chi connectivity index (χ0) is 41.8. The Balaban J connectivity index is 1.16. The van der Waals surface area contributed by atoms with Crippen LogP contribution in [0.3, 0.4) is 0 Å². The monoisotopic (exact) mass is 787 g/mol. The molecule has 61 heavy (non-hydrogen) atoms. The summed E-state index contributed by atoms with van der Waals surface area (Å²) in [4.78, 5) is 9.90. The van der Waals surface area contributed by atoms with Gasteiger partial charge in [-0.1, -0.05) is 195 Å². The molecule has 0 aliphatic carbocycles. The average molecular weight is 788 g/mol. The largest absolute Gasteiger partial charge is 0.383 e. The van der Waals surface area contributed by atoms with Gasteiger partial charge in [-0.15, -0.1) is 0 Å². The number of rotatable bonds is 13. The number of aromatic nitrogens is 1. The van der Waals surface area contributed by atoms with Crippen molar-refractivity contribution in [2.24, 2.45) is 10.7 Å². The van der Waals surface area contributed by atoms with Crippen LogP contribution >= 0.6 is 0 Å². The Morgan fingerprint density at radius 2 is 1.10 bits per heavy atom. The lowest BCUT2D eigenvalue weighted by molar-refractivity contribution is 0.805. The van der Waals surface area contributed by atoms with E-state index in [1.807, 2.05) is 37.4 Å². The van der Waals surface area contributed by atoms with Crippen molar-refractivity contribution in [1.29, 1.82) is 0 Å². The van der Waals surface area contributed by atoms with Crippen LogP contribution < -0.4 is 5.73 Å². The Labute approximate surface area is 360 Å². The topological polar surface area (TPSA) is 51.3 Å². The highest BCUT2D eigenvalue weighted by Gasteiger charge is 2.14. The van der Waals surface area contributed by atoms with E-state index in [9.17, 15) is 0 Å². The molecule has 296 valence electrons. The van der Waals surface area contributed by atoms with Crippen molar-refractivity contribution in [3.05, 3.63) is 247 Å². The Morgan fingerprint density at radius 1 is 0.541 bits per heavy atom. The van der Waals surface area contributed by atoms with Crippen molar-refractivity contribution in [2.45, 2.75) is 26.2 Å². The summed E-state index contributed by atoms with van der Waals surface area (Å²) in [5, 5.41) is 0. The van der Waals surface area contributed by atoms with E-state index in [4.69, 9.17) is 10.7 Å². The zero-order valence-electron chi connectivity index (χ0n) is 34.7. The molecule has 0 fully saturated rings. The van der Waals surface area contributed by atoms with Gasteiger partial charge in [-0.05, 0) is 105 Å². The molecular formula is C58H49N3. The molecule has 0 spiro atoms. The molecule has 0 bridgehead atoms. The van der Waals surface area contributed by atoms with Crippen molar-refractivity contribution in [3.63, 3.8) is 0 Å². The van der Waals surface area contributed by atoms with Crippen LogP contribution in [0.2, 0.25) is 0 Å². The van der Waals surface area contributed by atoms with Crippen molar-refractivity contribution in [3.8, 4) is 55.8 Å². The number of hydrogen-bond donors (Lipinski definition) is 1. The van der Waals surface area contributed by atoms with Gasteiger partial charge in [-0.25, -0.2) is 4.99 Å². The number of aliphatic imine (C=N–C) groups is 1. The first-order valence-corrected chi connectivity index (χ1v) is 21.0. The van der Waals surface area contributed by atoms with Gasteiger partial charge in [0.1, 0.15) is 5.84 Å². The quantitative estimate of drug-likeness (QED) is 0.0719. The summed E-state index contributed by atoms with van der Waals surface area (Å²) in [5.41, 5.74) is 23.2. The molecule has 0 aliphatic rings. The van der Waals surface area contributed by atoms with E-state index < -0.39 is 0 Å². The lowest BCUT2D eigenvalue weighted by atomic mass is 9.92. The third-order valence-electron chi connectivity index (χ3n) is 11.0. The molecule has 0 amide bonds. The minimum atomic E-state index is 0.148. The van der Waals surface area contributed by atoms with E-state index >= 15 is 0 Å². The van der Waals surface area contributed by atoms with E-state index in [-0.39, 0.29) is 5.92 Å². The Hall–Kier alpha value is -7.62. The molecule has 1 aromatic heterocycles. The SMILES string of the molecule is C/C=C\C=C/c1ccccc1-c1cccc(-c2cccc(/C(=C/C(CC)c3ccccc3)N=C(N)c3cccc(-c4cccc(-c5ccccc5-c5ccccn5)c4)c3)c2)c1. The Morgan fingerprint density at radius 3 is 1.77 bits per heavy atom. The Bertz CT molecular complexity index is 2860. The summed E-state index contributed by atoms with van der Waals surface area (Å²) in [5.74, 6) is 0.609. The third kappa shape index (κ3) is 9.65. The number of benzene rings is 7. The molecule has 3 nitrogen and oxygen atoms in total. The van der Waals surface area contributed by atoms with E-state index in [0.29, 0.717) is 5.84 Å². The first kappa shape index (κ1) is 40.2. The summed E-state index contributed by atoms with van der Waals surface area (Å²) >= 11 is 0. The maximum atomic E-state index is 7.02. The standard InChI is InChI=1S/C58H49N3/c1-3-5-7-22-44-23-10-11-32-53(44)49-28-16-24-45(37-49)47-26-18-30-51(39-47)57(41-42(4-2)43-20-8-6-9-21-43)61-58(59)52-31-19-27-48(40-52)46-25-17-29-50(38-46)54-33-12-13-34-55(54)56-35-14-15-36-60-56/h3,5-42H,4H2,1-2H3,(H2,59,61)/b5-3-,22-7-,57-41-. The molecule has 2 N–H and O–H groups in total. The molecule has 0 aliphatic heterocycles. The minimum absolute atomic E-state index is 0.148. The van der Waals surface area contributed by atoms with Crippen LogP contribution in [0.25, 0.3) is 67.5 Å². The van der Waals surface area contributed by atoms with Crippen molar-refractivity contribution >= 4 is 17.6 Å². The molecule has 8 aromatic rings. The van der Waals surface area contributed by atoms with Crippen LogP contribution in [-0.4, -0.2) is 10.8 Å². The van der Waals surface area contributed by atoms with Crippen LogP contribution in [0.4, 0.5) is 0 Å². The minimum Gasteiger partial charge on any atom is -0.383 e. The summed E-state index contributed by atoms with van der Waals surface area (Å²) < 4.78 is 0. The number of amidine groups is 1. The second kappa shape index (κ2) is 19.4. The summed E-state index contributed by atoms with van der Waals surface area (Å²) in [6.45, 7) is 4.25. The molecule has 0 saturated heterocycles. The van der Waals surface area contributed by atoms with Gasteiger partial charge in [-0.3, -0.25) is 4.98 Å². The van der Waals surface area contributed by atoms with Crippen molar-refractivity contribution < 1.29 is 0 Å². The maximum absolute atomic E-state index is 7.02. The molecule has 7 aromatic carbocycles. The van der Waals surface area contributed by atoms with E-state index in [0.717, 1.165) is 67.9 Å². The lowest BCUT2D eigenvalue weighted by Crippen LogP contribution is -2.13. The molecule has 8 rings (SSSR count). The molecule has 1 heterocycles. The highest BCUT2D eigenvalue weighted by atomic mass is 14.9. The predicted molar refractivity (Wildman–Crippen MR) is 260 cm³/mol. The van der Waals surface area contributed by atoms with Gasteiger partial charge in [0.2, 0.25) is 0 Å². The fraction of sp³-hybridized carbons (Fsp3) is 0.0690. The fourth-order valence-corrected chi connectivity index (χ4v) is 7.84. The van der Waals surface area contributed by atoms with Gasteiger partial charge in [0.25, 0.3) is 0 Å². The number of nitrogens with two attached hydrogens (primary N) is 1. The van der Waals surface area contributed by atoms with Gasteiger partial charge < -0.3 is 5.73 Å². The molecule has 0 radical (unpaired) electrons. The van der Waals surface area contributed by atoms with Crippen LogP contribution in [0.5, 0.6) is 0 Å². The average Bonchev–Trinajstić information content (AvgIpc) is 3.33. The first-order valence-electron chi connectivity index (χ1n) is 21.0. The van der Waals surface area contributed by atoms with Crippen LogP contribution in [0.15, 0.2) is 230 Å². The highest BCUT2D eigenvalue weighted by Crippen LogP contribution is 2.35. The molecule has 3 heteroatoms. The number of allylic oxidation sites excluding steroid dienone is 4. The van der Waals surface area contributed by atoms with Gasteiger partial charge in [0.15, 0.2) is 0 Å². The van der Waals surface area contributed by atoms with E-state index in [1.165, 1.54) is 22.3 Å². The highest BCUT2D eigenvalue weighted by molar-refractivity contribution is 6.02. The van der Waals surface area contributed by atoms with E-state index in [1.54, 1.807) is 0 Å². The third-order valence-corrected chi connectivity index (χ3v) is 11.0. The van der Waals surface area contributed by atoms with Crippen molar-refractivity contribution in [1.82, 2.24) is 4.98 Å². The van der Waals surface area contributed by atoms with Gasteiger partial charge in [-0.2, -0.15) is 0 Å². The molecule has 1 unspecified atom stereocenters. The fourth-order valence-electron chi connectivity index (χ4n) is 7.84. The second-order valence-corrected chi connectivity index (χ2v) is 15.0. The maximum Gasteiger partial charge on any atom is 0.131 e. The van der Waals surface area contributed by atoms with Gasteiger partial charge in [0.05, 0.1) is 11.4 Å². The Kier molecular flexibility index (Phi) is 12.8. The van der Waals surface area contributed by atoms with E-state index in [2.05, 4.69) is 212 Å². The number of pyridine rings is 1. The van der Waals surface area contributed by atoms with Gasteiger partial charge >= 0.3 is 0 Å². The normalized spacial score (nSPS) is 12.6. The van der Waals surface area contributed by atoms with Crippen LogP contribution in [-0.2, 0) is 0 Å². The number of nitrogens with zero attached hydrogens (tertiary/aromatic N) is 2. The summed E-state index contributed by atoms with van der Waals surface area (Å²) in [7, 11) is 0. The smallest absolute Gasteiger partial charge is 0.131 e. The van der Waals surface area contributed by atoms with Crippen molar-refractivity contribution in [2.75, 3.05) is 0 Å². The molecule has 0 saturated carbocycles. The molecule has 1 atom stereocenters. The molecular weight excluding hydrogens is 739 g/mol. The van der Waals surface area contributed by atoms with Gasteiger partial charge in [0, 0.05) is 28.8 Å². The van der Waals surface area contributed by atoms with Crippen LogP contribution in [0.1, 0.15) is 48.4 Å². The summed E-state index contributed by atoms with van der Waals surface area (Å²) in [6, 6.07) is 68.1. The predicted octanol–water partition coefficient (Wildman–Crippen LogP) is 14.9. The van der Waals surface area contributed by atoms with Crippen LogP contribution in [0, 0.1) is 0 Å². The summed E-state index contributed by atoms with van der Waals surface area (Å²) in [6.07, 6.45) is 13.4. The lowest BCUT2D eigenvalue weighted by Gasteiger charge is -2.15.